The Morgan fingerprint density at radius 3 is 2.59 bits per heavy atom. The van der Waals surface area contributed by atoms with Gasteiger partial charge in [0.15, 0.2) is 5.82 Å². The van der Waals surface area contributed by atoms with Crippen LogP contribution in [0, 0.1) is 5.92 Å². The number of fused-ring (bicyclic) bond motifs is 2. The van der Waals surface area contributed by atoms with Crippen molar-refractivity contribution in [3.05, 3.63) is 67.6 Å². The number of pyridine rings is 4. The number of anilines is 1. The second-order valence-electron chi connectivity index (χ2n) is 9.34. The summed E-state index contributed by atoms with van der Waals surface area (Å²) in [6, 6.07) is 7.77. The molecule has 0 aromatic carbocycles. The number of hydrogen-bond donors (Lipinski definition) is 4. The van der Waals surface area contributed by atoms with E-state index in [9.17, 15) is 5.11 Å². The smallest absolute Gasteiger partial charge is 0.159 e. The Morgan fingerprint density at radius 1 is 0.919 bits per heavy atom. The van der Waals surface area contributed by atoms with Crippen molar-refractivity contribution in [2.75, 3.05) is 5.32 Å². The molecule has 6 heterocycles. The first-order valence-corrected chi connectivity index (χ1v) is 12.0. The summed E-state index contributed by atoms with van der Waals surface area (Å²) >= 11 is 0. The first kappa shape index (κ1) is 22.7. The van der Waals surface area contributed by atoms with E-state index >= 15 is 0 Å². The second kappa shape index (κ2) is 9.40. The van der Waals surface area contributed by atoms with Crippen LogP contribution in [-0.2, 0) is 0 Å². The van der Waals surface area contributed by atoms with Crippen LogP contribution < -0.4 is 5.32 Å². The van der Waals surface area contributed by atoms with Crippen LogP contribution in [0.2, 0.25) is 0 Å². The average molecular weight is 492 g/mol. The number of aliphatic hydroxyl groups excluding tert-OH is 1. The summed E-state index contributed by atoms with van der Waals surface area (Å²) in [4.78, 5) is 25.7. The third kappa shape index (κ3) is 4.50. The quantitative estimate of drug-likeness (QED) is 0.233. The van der Waals surface area contributed by atoms with E-state index in [1.807, 2.05) is 24.3 Å². The fourth-order valence-corrected chi connectivity index (χ4v) is 4.40. The van der Waals surface area contributed by atoms with E-state index in [4.69, 9.17) is 4.98 Å². The average Bonchev–Trinajstić information content (AvgIpc) is 3.52. The molecule has 6 aromatic heterocycles. The van der Waals surface area contributed by atoms with Gasteiger partial charge in [-0.05, 0) is 42.2 Å². The Morgan fingerprint density at radius 2 is 1.76 bits per heavy atom. The maximum absolute atomic E-state index is 10.3. The van der Waals surface area contributed by atoms with Gasteiger partial charge in [-0.15, -0.1) is 0 Å². The van der Waals surface area contributed by atoms with Crippen LogP contribution in [-0.4, -0.2) is 51.4 Å². The normalized spacial score (nSPS) is 12.4. The van der Waals surface area contributed by atoms with Gasteiger partial charge in [0.2, 0.25) is 0 Å². The number of hydrogen-bond acceptors (Lipinski definition) is 8. The molecule has 0 fully saturated rings. The van der Waals surface area contributed by atoms with Crippen LogP contribution in [0.25, 0.3) is 55.8 Å². The fraction of sp³-hybridized carbons (Fsp3) is 0.185. The van der Waals surface area contributed by atoms with Gasteiger partial charge < -0.3 is 15.4 Å². The predicted octanol–water partition coefficient (Wildman–Crippen LogP) is 4.80. The highest BCUT2D eigenvalue weighted by Crippen LogP contribution is 2.32. The van der Waals surface area contributed by atoms with E-state index in [1.165, 1.54) is 0 Å². The van der Waals surface area contributed by atoms with Crippen molar-refractivity contribution in [2.24, 2.45) is 5.92 Å². The van der Waals surface area contributed by atoms with E-state index in [0.717, 1.165) is 50.0 Å². The standard InChI is InChI=1S/C27H25N9O/c1-15(2)7-24(37)32-18-8-17(10-29-11-18)21-9-19-22(14-31-21)35-36-26(19)27-33-23-13-30-12-20(25(23)34-27)16-3-5-28-6-4-16/h3-6,8-15,24,32,37H,7H2,1-2H3,(H,33,34)(H,35,36). The molecule has 37 heavy (non-hydrogen) atoms. The van der Waals surface area contributed by atoms with E-state index in [2.05, 4.69) is 54.3 Å². The molecule has 10 heteroatoms. The third-order valence-corrected chi connectivity index (χ3v) is 6.12. The molecule has 0 radical (unpaired) electrons. The Bertz CT molecular complexity index is 1690. The van der Waals surface area contributed by atoms with Gasteiger partial charge in [-0.25, -0.2) is 4.98 Å². The molecule has 6 rings (SSSR count). The summed E-state index contributed by atoms with van der Waals surface area (Å²) in [6.45, 7) is 4.14. The van der Waals surface area contributed by atoms with Crippen molar-refractivity contribution in [1.82, 2.24) is 40.1 Å². The van der Waals surface area contributed by atoms with Crippen LogP contribution in [0.15, 0.2) is 67.6 Å². The van der Waals surface area contributed by atoms with E-state index < -0.39 is 6.23 Å². The molecule has 0 aliphatic carbocycles. The lowest BCUT2D eigenvalue weighted by atomic mass is 10.1. The van der Waals surface area contributed by atoms with E-state index in [0.29, 0.717) is 23.9 Å². The maximum atomic E-state index is 10.3. The zero-order chi connectivity index (χ0) is 25.4. The molecular formula is C27H25N9O. The van der Waals surface area contributed by atoms with Gasteiger partial charge in [0.25, 0.3) is 0 Å². The van der Waals surface area contributed by atoms with Crippen molar-refractivity contribution in [2.45, 2.75) is 26.5 Å². The Hall–Kier alpha value is -4.70. The first-order valence-electron chi connectivity index (χ1n) is 12.0. The van der Waals surface area contributed by atoms with Crippen molar-refractivity contribution in [1.29, 1.82) is 0 Å². The molecule has 0 bridgehead atoms. The van der Waals surface area contributed by atoms with Gasteiger partial charge in [0.1, 0.15) is 11.9 Å². The number of aromatic nitrogens is 8. The molecule has 0 saturated heterocycles. The summed E-state index contributed by atoms with van der Waals surface area (Å²) in [5.74, 6) is 1.00. The van der Waals surface area contributed by atoms with Gasteiger partial charge in [-0.1, -0.05) is 13.8 Å². The second-order valence-corrected chi connectivity index (χ2v) is 9.34. The Kier molecular flexibility index (Phi) is 5.78. The lowest BCUT2D eigenvalue weighted by Crippen LogP contribution is -2.20. The number of rotatable bonds is 7. The molecule has 1 atom stereocenters. The van der Waals surface area contributed by atoms with Gasteiger partial charge >= 0.3 is 0 Å². The van der Waals surface area contributed by atoms with Crippen molar-refractivity contribution in [3.8, 4) is 33.9 Å². The van der Waals surface area contributed by atoms with E-state index in [1.54, 1.807) is 43.4 Å². The maximum Gasteiger partial charge on any atom is 0.159 e. The number of nitrogens with zero attached hydrogens (tertiary/aromatic N) is 6. The molecule has 4 N–H and O–H groups in total. The molecule has 6 aromatic rings. The molecule has 184 valence electrons. The topological polar surface area (TPSA) is 141 Å². The third-order valence-electron chi connectivity index (χ3n) is 6.12. The lowest BCUT2D eigenvalue weighted by Gasteiger charge is -2.16. The van der Waals surface area contributed by atoms with Crippen LogP contribution in [0.3, 0.4) is 0 Å². The van der Waals surface area contributed by atoms with Gasteiger partial charge in [-0.3, -0.25) is 25.0 Å². The summed E-state index contributed by atoms with van der Waals surface area (Å²) in [5.41, 5.74) is 7.30. The highest BCUT2D eigenvalue weighted by Gasteiger charge is 2.17. The molecule has 1 unspecified atom stereocenters. The number of aromatic amines is 2. The fourth-order valence-electron chi connectivity index (χ4n) is 4.40. The molecule has 10 nitrogen and oxygen atoms in total. The molecular weight excluding hydrogens is 466 g/mol. The minimum Gasteiger partial charge on any atom is -0.374 e. The monoisotopic (exact) mass is 491 g/mol. The van der Waals surface area contributed by atoms with Gasteiger partial charge in [0.05, 0.1) is 46.5 Å². The Labute approximate surface area is 212 Å². The summed E-state index contributed by atoms with van der Waals surface area (Å²) in [5, 5.41) is 21.8. The molecule has 0 aliphatic heterocycles. The number of nitrogens with one attached hydrogen (secondary N) is 3. The minimum absolute atomic E-state index is 0.372. The van der Waals surface area contributed by atoms with Crippen LogP contribution >= 0.6 is 0 Å². The zero-order valence-corrected chi connectivity index (χ0v) is 20.3. The first-order chi connectivity index (χ1) is 18.0. The molecule has 0 spiro atoms. The van der Waals surface area contributed by atoms with E-state index in [-0.39, 0.29) is 0 Å². The van der Waals surface area contributed by atoms with Gasteiger partial charge in [0, 0.05) is 41.3 Å². The highest BCUT2D eigenvalue weighted by molar-refractivity contribution is 5.97. The van der Waals surface area contributed by atoms with Crippen molar-refractivity contribution >= 4 is 27.6 Å². The molecule has 0 amide bonds. The number of H-pyrrole nitrogens is 2. The van der Waals surface area contributed by atoms with Crippen LogP contribution in [0.4, 0.5) is 5.69 Å². The molecule has 0 aliphatic rings. The zero-order valence-electron chi connectivity index (χ0n) is 20.3. The molecule has 0 saturated carbocycles. The SMILES string of the molecule is CC(C)CC(O)Nc1cncc(-c2cc3c(-c4nc5c(-c6ccncc6)cncc5[nH]4)n[nH]c3cn2)c1. The Balaban J connectivity index is 1.38. The van der Waals surface area contributed by atoms with Crippen LogP contribution in [0.5, 0.6) is 0 Å². The van der Waals surface area contributed by atoms with Crippen molar-refractivity contribution in [3.63, 3.8) is 0 Å². The minimum atomic E-state index is -0.646. The highest BCUT2D eigenvalue weighted by atomic mass is 16.3. The summed E-state index contributed by atoms with van der Waals surface area (Å²) < 4.78 is 0. The number of aliphatic hydroxyl groups is 1. The van der Waals surface area contributed by atoms with Crippen molar-refractivity contribution < 1.29 is 5.11 Å². The van der Waals surface area contributed by atoms with Gasteiger partial charge in [-0.2, -0.15) is 5.10 Å². The largest absolute Gasteiger partial charge is 0.374 e. The lowest BCUT2D eigenvalue weighted by molar-refractivity contribution is 0.176. The number of imidazole rings is 1. The summed E-state index contributed by atoms with van der Waals surface area (Å²) in [6.07, 6.45) is 12.3. The predicted molar refractivity (Wildman–Crippen MR) is 142 cm³/mol. The summed E-state index contributed by atoms with van der Waals surface area (Å²) in [7, 11) is 0. The van der Waals surface area contributed by atoms with Crippen LogP contribution in [0.1, 0.15) is 20.3 Å².